The van der Waals surface area contributed by atoms with Crippen molar-refractivity contribution in [3.63, 3.8) is 0 Å². The normalized spacial score (nSPS) is 13.7. The Morgan fingerprint density at radius 2 is 0.948 bits per heavy atom. The van der Waals surface area contributed by atoms with Gasteiger partial charge in [0.25, 0.3) is 0 Å². The first-order chi connectivity index (χ1) is 28.3. The molecule has 10 heteroatoms. The number of hydrogen-bond acceptors (Lipinski definition) is 7. The maximum absolute atomic E-state index is 12.1. The van der Waals surface area contributed by atoms with Crippen LogP contribution >= 0.6 is 7.82 Å². The SMILES string of the molecule is CCCCC/C=C\C/C=C\C/C=C\C/C=C\CCCC(=O)NCCOP(=O)(O)OCC(O)COC(=O)CCCCCCCCCCCCCCCCCCCCCC. The van der Waals surface area contributed by atoms with E-state index < -0.39 is 26.5 Å². The maximum atomic E-state index is 12.1. The van der Waals surface area contributed by atoms with Crippen molar-refractivity contribution in [1.82, 2.24) is 5.32 Å². The van der Waals surface area contributed by atoms with E-state index in [1.807, 2.05) is 0 Å². The van der Waals surface area contributed by atoms with Gasteiger partial charge in [0.05, 0.1) is 13.2 Å². The molecule has 0 spiro atoms. The van der Waals surface area contributed by atoms with Crippen LogP contribution in [0.25, 0.3) is 0 Å². The third kappa shape index (κ3) is 45.1. The third-order valence-electron chi connectivity index (χ3n) is 10.0. The summed E-state index contributed by atoms with van der Waals surface area (Å²) in [5.41, 5.74) is 0. The Labute approximate surface area is 355 Å². The van der Waals surface area contributed by atoms with Crippen molar-refractivity contribution in [2.75, 3.05) is 26.4 Å². The van der Waals surface area contributed by atoms with E-state index in [2.05, 4.69) is 67.8 Å². The van der Waals surface area contributed by atoms with E-state index in [-0.39, 0.29) is 32.1 Å². The van der Waals surface area contributed by atoms with Crippen molar-refractivity contribution in [2.45, 2.75) is 219 Å². The monoisotopic (exact) mass is 838 g/mol. The third-order valence-corrected chi connectivity index (χ3v) is 11.0. The van der Waals surface area contributed by atoms with E-state index in [1.165, 1.54) is 135 Å². The molecule has 2 unspecified atom stereocenters. The molecule has 0 aromatic rings. The molecule has 0 fully saturated rings. The molecule has 0 bridgehead atoms. The van der Waals surface area contributed by atoms with Crippen LogP contribution in [0.3, 0.4) is 0 Å². The number of phosphoric ester groups is 1. The number of aliphatic hydroxyl groups excluding tert-OH is 1. The molecule has 0 radical (unpaired) electrons. The van der Waals surface area contributed by atoms with Crippen LogP contribution < -0.4 is 5.32 Å². The number of unbranched alkanes of at least 4 members (excludes halogenated alkanes) is 23. The van der Waals surface area contributed by atoms with Gasteiger partial charge in [-0.25, -0.2) is 4.57 Å². The quantitative estimate of drug-likeness (QED) is 0.0239. The van der Waals surface area contributed by atoms with Crippen LogP contribution in [0, 0.1) is 0 Å². The fraction of sp³-hybridized carbons (Fsp3) is 0.792. The number of nitrogens with one attached hydrogen (secondary N) is 1. The summed E-state index contributed by atoms with van der Waals surface area (Å²) in [6.07, 6.45) is 52.0. The Morgan fingerprint density at radius 3 is 1.43 bits per heavy atom. The molecule has 0 aromatic carbocycles. The van der Waals surface area contributed by atoms with Gasteiger partial charge in [-0.15, -0.1) is 0 Å². The summed E-state index contributed by atoms with van der Waals surface area (Å²) in [7, 11) is -4.43. The summed E-state index contributed by atoms with van der Waals surface area (Å²) >= 11 is 0. The lowest BCUT2D eigenvalue weighted by Crippen LogP contribution is -2.27. The van der Waals surface area contributed by atoms with Gasteiger partial charge in [0.1, 0.15) is 12.7 Å². The number of esters is 1. The van der Waals surface area contributed by atoms with Gasteiger partial charge in [0.2, 0.25) is 5.91 Å². The lowest BCUT2D eigenvalue weighted by atomic mass is 10.0. The zero-order chi connectivity index (χ0) is 42.5. The first-order valence-electron chi connectivity index (χ1n) is 23.6. The second-order valence-electron chi connectivity index (χ2n) is 15.7. The highest BCUT2D eigenvalue weighted by atomic mass is 31.2. The van der Waals surface area contributed by atoms with Crippen molar-refractivity contribution in [1.29, 1.82) is 0 Å². The summed E-state index contributed by atoms with van der Waals surface area (Å²) in [6, 6.07) is 0. The van der Waals surface area contributed by atoms with Crippen molar-refractivity contribution in [2.24, 2.45) is 0 Å². The van der Waals surface area contributed by atoms with Crippen molar-refractivity contribution in [3.8, 4) is 0 Å². The molecule has 0 aliphatic rings. The average Bonchev–Trinajstić information content (AvgIpc) is 3.21. The Morgan fingerprint density at radius 1 is 0.534 bits per heavy atom. The Bertz CT molecular complexity index is 1090. The molecule has 9 nitrogen and oxygen atoms in total. The van der Waals surface area contributed by atoms with E-state index in [4.69, 9.17) is 13.8 Å². The number of carbonyl (C=O) groups is 2. The molecule has 3 N–H and O–H groups in total. The molecule has 0 heterocycles. The molecule has 0 saturated heterocycles. The van der Waals surface area contributed by atoms with E-state index in [1.54, 1.807) is 0 Å². The lowest BCUT2D eigenvalue weighted by Gasteiger charge is -2.15. The fourth-order valence-corrected chi connectivity index (χ4v) is 7.19. The smallest absolute Gasteiger partial charge is 0.463 e. The molecule has 0 rings (SSSR count). The lowest BCUT2D eigenvalue weighted by molar-refractivity contribution is -0.147. The van der Waals surface area contributed by atoms with Crippen LogP contribution in [0.4, 0.5) is 0 Å². The molecular weight excluding hydrogens is 750 g/mol. The number of allylic oxidation sites excluding steroid dienone is 8. The first kappa shape index (κ1) is 56.0. The van der Waals surface area contributed by atoms with Crippen LogP contribution in [0.15, 0.2) is 48.6 Å². The van der Waals surface area contributed by atoms with Gasteiger partial charge in [-0.3, -0.25) is 18.6 Å². The summed E-state index contributed by atoms with van der Waals surface area (Å²) in [5, 5.41) is 12.7. The molecule has 0 aromatic heterocycles. The highest BCUT2D eigenvalue weighted by Gasteiger charge is 2.23. The van der Waals surface area contributed by atoms with Gasteiger partial charge >= 0.3 is 13.8 Å². The van der Waals surface area contributed by atoms with Crippen LogP contribution in [0.2, 0.25) is 0 Å². The van der Waals surface area contributed by atoms with E-state index >= 15 is 0 Å². The molecule has 0 saturated carbocycles. The number of aliphatic hydroxyl groups is 1. The first-order valence-corrected chi connectivity index (χ1v) is 25.1. The van der Waals surface area contributed by atoms with Crippen molar-refractivity contribution in [3.05, 3.63) is 48.6 Å². The molecule has 1 amide bonds. The number of hydrogen-bond donors (Lipinski definition) is 3. The van der Waals surface area contributed by atoms with Gasteiger partial charge < -0.3 is 20.1 Å². The number of phosphoric acid groups is 1. The van der Waals surface area contributed by atoms with Crippen molar-refractivity contribution < 1.29 is 37.9 Å². The summed E-state index contributed by atoms with van der Waals surface area (Å²) < 4.78 is 26.9. The average molecular weight is 838 g/mol. The minimum atomic E-state index is -4.43. The molecule has 0 aliphatic heterocycles. The van der Waals surface area contributed by atoms with E-state index in [0.29, 0.717) is 12.8 Å². The zero-order valence-electron chi connectivity index (χ0n) is 37.2. The predicted molar refractivity (Wildman–Crippen MR) is 243 cm³/mol. The molecule has 338 valence electrons. The second kappa shape index (κ2) is 44.5. The van der Waals surface area contributed by atoms with Crippen LogP contribution in [0.5, 0.6) is 0 Å². The van der Waals surface area contributed by atoms with Crippen LogP contribution in [0.1, 0.15) is 213 Å². The van der Waals surface area contributed by atoms with Gasteiger partial charge in [0, 0.05) is 19.4 Å². The van der Waals surface area contributed by atoms with Gasteiger partial charge in [-0.1, -0.05) is 197 Å². The van der Waals surface area contributed by atoms with Gasteiger partial charge in [-0.05, 0) is 51.4 Å². The highest BCUT2D eigenvalue weighted by molar-refractivity contribution is 7.47. The van der Waals surface area contributed by atoms with E-state index in [9.17, 15) is 24.2 Å². The second-order valence-corrected chi connectivity index (χ2v) is 17.2. The Kier molecular flexibility index (Phi) is 43.0. The summed E-state index contributed by atoms with van der Waals surface area (Å²) in [6.45, 7) is 3.48. The largest absolute Gasteiger partial charge is 0.472 e. The minimum Gasteiger partial charge on any atom is -0.463 e. The zero-order valence-corrected chi connectivity index (χ0v) is 38.1. The molecule has 58 heavy (non-hydrogen) atoms. The standard InChI is InChI=1S/C48H88NO8P/c1-3-5-7-9-11-13-15-17-19-21-22-23-25-27-29-31-33-35-37-39-41-48(52)55-44-46(50)45-57-58(53,54)56-43-42-49-47(51)40-38-36-34-32-30-28-26-24-20-18-16-14-12-10-8-6-4-2/h12,14,18,20,26,28,32,34,46,50H,3-11,13,15-17,19,21-25,27,29-31,33,35-45H2,1-2H3,(H,49,51)(H,53,54)/b14-12-,20-18-,28-26-,34-32-. The predicted octanol–water partition coefficient (Wildman–Crippen LogP) is 13.5. The van der Waals surface area contributed by atoms with E-state index in [0.717, 1.165) is 44.9 Å². The molecule has 2 atom stereocenters. The maximum Gasteiger partial charge on any atom is 0.472 e. The summed E-state index contributed by atoms with van der Waals surface area (Å²) in [4.78, 5) is 33.9. The van der Waals surface area contributed by atoms with Gasteiger partial charge in [-0.2, -0.15) is 0 Å². The van der Waals surface area contributed by atoms with Crippen LogP contribution in [-0.4, -0.2) is 54.3 Å². The number of rotatable bonds is 44. The fourth-order valence-electron chi connectivity index (χ4n) is 6.43. The number of ether oxygens (including phenoxy) is 1. The Balaban J connectivity index is 3.62. The molecule has 0 aliphatic carbocycles. The minimum absolute atomic E-state index is 0.0523. The summed E-state index contributed by atoms with van der Waals surface area (Å²) in [5.74, 6) is -0.569. The topological polar surface area (TPSA) is 131 Å². The van der Waals surface area contributed by atoms with Crippen molar-refractivity contribution >= 4 is 19.7 Å². The van der Waals surface area contributed by atoms with Crippen LogP contribution in [-0.2, 0) is 27.9 Å². The van der Waals surface area contributed by atoms with Gasteiger partial charge in [0.15, 0.2) is 0 Å². The number of amides is 1. The number of carbonyl (C=O) groups excluding carboxylic acids is 2. The highest BCUT2D eigenvalue weighted by Crippen LogP contribution is 2.42. The molecular formula is C48H88NO8P. The Hall–Kier alpha value is -2.03.